The first-order chi connectivity index (χ1) is 5.49. The van der Waals surface area contributed by atoms with Crippen molar-refractivity contribution in [2.75, 3.05) is 0 Å². The fourth-order valence-electron chi connectivity index (χ4n) is 1.11. The van der Waals surface area contributed by atoms with Gasteiger partial charge in [0.1, 0.15) is 5.82 Å². The molecule has 0 amide bonds. The molecule has 0 aromatic heterocycles. The Kier molecular flexibility index (Phi) is 2.48. The van der Waals surface area contributed by atoms with Gasteiger partial charge in [-0.2, -0.15) is 0 Å². The summed E-state index contributed by atoms with van der Waals surface area (Å²) in [7, 11) is 0. The maximum atomic E-state index is 13.0. The highest BCUT2D eigenvalue weighted by Crippen LogP contribution is 2.14. The van der Waals surface area contributed by atoms with Gasteiger partial charge in [0.15, 0.2) is 0 Å². The molecule has 66 valence electrons. The summed E-state index contributed by atoms with van der Waals surface area (Å²) in [6, 6.07) is 6.50. The van der Waals surface area contributed by atoms with Crippen molar-refractivity contribution in [2.24, 2.45) is 0 Å². The number of halogens is 1. The van der Waals surface area contributed by atoms with Crippen LogP contribution in [-0.2, 0) is 6.42 Å². The lowest BCUT2D eigenvalue weighted by Gasteiger charge is -2.16. The summed E-state index contributed by atoms with van der Waals surface area (Å²) in [5, 5.41) is 9.43. The van der Waals surface area contributed by atoms with Gasteiger partial charge < -0.3 is 5.11 Å². The Hall–Kier alpha value is -0.890. The van der Waals surface area contributed by atoms with Gasteiger partial charge in [-0.25, -0.2) is 4.39 Å². The molecule has 1 rings (SSSR count). The predicted molar refractivity (Wildman–Crippen MR) is 46.4 cm³/mol. The molecule has 1 nitrogen and oxygen atoms in total. The fourth-order valence-corrected chi connectivity index (χ4v) is 1.11. The normalized spacial score (nSPS) is 11.7. The van der Waals surface area contributed by atoms with Crippen LogP contribution in [0.1, 0.15) is 19.4 Å². The molecule has 0 spiro atoms. The van der Waals surface area contributed by atoms with Gasteiger partial charge in [-0.3, -0.25) is 0 Å². The van der Waals surface area contributed by atoms with Gasteiger partial charge in [-0.15, -0.1) is 0 Å². The van der Waals surface area contributed by atoms with Crippen LogP contribution in [0.5, 0.6) is 0 Å². The van der Waals surface area contributed by atoms with Crippen molar-refractivity contribution in [1.29, 1.82) is 0 Å². The average Bonchev–Trinajstić information content (AvgIpc) is 1.91. The lowest BCUT2D eigenvalue weighted by atomic mass is 9.98. The summed E-state index contributed by atoms with van der Waals surface area (Å²) in [5.74, 6) is -0.250. The van der Waals surface area contributed by atoms with Gasteiger partial charge in [0.05, 0.1) is 5.60 Å². The van der Waals surface area contributed by atoms with Crippen LogP contribution in [0, 0.1) is 5.82 Å². The first-order valence-corrected chi connectivity index (χ1v) is 3.95. The molecular weight excluding hydrogens is 155 g/mol. The van der Waals surface area contributed by atoms with Crippen LogP contribution < -0.4 is 0 Å². The minimum absolute atomic E-state index is 0.250. The average molecular weight is 168 g/mol. The first-order valence-electron chi connectivity index (χ1n) is 3.95. The zero-order valence-corrected chi connectivity index (χ0v) is 7.34. The Morgan fingerprint density at radius 3 is 2.42 bits per heavy atom. The molecule has 2 heteroatoms. The Morgan fingerprint density at radius 2 is 1.92 bits per heavy atom. The van der Waals surface area contributed by atoms with Crippen molar-refractivity contribution in [1.82, 2.24) is 0 Å². The maximum absolute atomic E-state index is 13.0. The van der Waals surface area contributed by atoms with E-state index in [1.807, 2.05) is 0 Å². The lowest BCUT2D eigenvalue weighted by Crippen LogP contribution is -2.22. The van der Waals surface area contributed by atoms with E-state index in [4.69, 9.17) is 0 Å². The number of aliphatic hydroxyl groups is 1. The van der Waals surface area contributed by atoms with Gasteiger partial charge in [-0.1, -0.05) is 18.2 Å². The molecule has 0 aliphatic carbocycles. The van der Waals surface area contributed by atoms with Crippen molar-refractivity contribution in [3.8, 4) is 0 Å². The maximum Gasteiger partial charge on any atom is 0.126 e. The summed E-state index contributed by atoms with van der Waals surface area (Å²) < 4.78 is 13.0. The molecule has 1 N–H and O–H groups in total. The third kappa shape index (κ3) is 2.62. The Morgan fingerprint density at radius 1 is 1.33 bits per heavy atom. The summed E-state index contributed by atoms with van der Waals surface area (Å²) in [5.41, 5.74) is -0.285. The van der Waals surface area contributed by atoms with Crippen molar-refractivity contribution < 1.29 is 9.50 Å². The molecule has 0 saturated carbocycles. The predicted octanol–water partition coefficient (Wildman–Crippen LogP) is 2.14. The van der Waals surface area contributed by atoms with E-state index in [1.54, 1.807) is 32.0 Å². The second kappa shape index (κ2) is 3.23. The number of rotatable bonds is 2. The van der Waals surface area contributed by atoms with Crippen molar-refractivity contribution in [2.45, 2.75) is 25.9 Å². The standard InChI is InChI=1S/C10H13FO/c1-10(2,12)7-8-5-3-4-6-9(8)11/h3-6,12H,7H2,1-2H3. The summed E-state index contributed by atoms with van der Waals surface area (Å²) >= 11 is 0. The first kappa shape index (κ1) is 9.20. The molecule has 1 aromatic carbocycles. The molecule has 0 fully saturated rings. The van der Waals surface area contributed by atoms with E-state index in [0.29, 0.717) is 12.0 Å². The van der Waals surface area contributed by atoms with E-state index in [1.165, 1.54) is 6.07 Å². The Balaban J connectivity index is 2.83. The van der Waals surface area contributed by atoms with Gasteiger partial charge >= 0.3 is 0 Å². The SMILES string of the molecule is CC(C)(O)Cc1ccccc1F. The van der Waals surface area contributed by atoms with Gasteiger partial charge in [-0.05, 0) is 25.5 Å². The van der Waals surface area contributed by atoms with Crippen LogP contribution in [0.4, 0.5) is 4.39 Å². The molecular formula is C10H13FO. The smallest absolute Gasteiger partial charge is 0.126 e. The second-order valence-electron chi connectivity index (χ2n) is 3.58. The zero-order valence-electron chi connectivity index (χ0n) is 7.34. The highest BCUT2D eigenvalue weighted by molar-refractivity contribution is 5.18. The third-order valence-corrected chi connectivity index (χ3v) is 1.58. The highest BCUT2D eigenvalue weighted by Gasteiger charge is 2.15. The zero-order chi connectivity index (χ0) is 9.19. The van der Waals surface area contributed by atoms with Gasteiger partial charge in [0, 0.05) is 6.42 Å². The van der Waals surface area contributed by atoms with Crippen LogP contribution in [0.25, 0.3) is 0 Å². The number of hydrogen-bond donors (Lipinski definition) is 1. The summed E-state index contributed by atoms with van der Waals surface area (Å²) in [4.78, 5) is 0. The van der Waals surface area contributed by atoms with Crippen LogP contribution >= 0.6 is 0 Å². The van der Waals surface area contributed by atoms with Crippen LogP contribution in [0.2, 0.25) is 0 Å². The van der Waals surface area contributed by atoms with E-state index in [-0.39, 0.29) is 5.82 Å². The molecule has 0 atom stereocenters. The van der Waals surface area contributed by atoms with E-state index in [0.717, 1.165) is 0 Å². The van der Waals surface area contributed by atoms with Gasteiger partial charge in [0.25, 0.3) is 0 Å². The minimum Gasteiger partial charge on any atom is -0.390 e. The molecule has 1 aromatic rings. The van der Waals surface area contributed by atoms with Crippen molar-refractivity contribution >= 4 is 0 Å². The second-order valence-corrected chi connectivity index (χ2v) is 3.58. The van der Waals surface area contributed by atoms with E-state index in [2.05, 4.69) is 0 Å². The van der Waals surface area contributed by atoms with Crippen LogP contribution in [-0.4, -0.2) is 10.7 Å². The fraction of sp³-hybridized carbons (Fsp3) is 0.400. The lowest BCUT2D eigenvalue weighted by molar-refractivity contribution is 0.0800. The summed E-state index contributed by atoms with van der Waals surface area (Å²) in [6.07, 6.45) is 0.347. The van der Waals surface area contributed by atoms with Crippen molar-refractivity contribution in [3.63, 3.8) is 0 Å². The number of hydrogen-bond acceptors (Lipinski definition) is 1. The topological polar surface area (TPSA) is 20.2 Å². The van der Waals surface area contributed by atoms with Gasteiger partial charge in [0.2, 0.25) is 0 Å². The molecule has 0 saturated heterocycles. The molecule has 0 aliphatic heterocycles. The Bertz CT molecular complexity index is 263. The van der Waals surface area contributed by atoms with E-state index >= 15 is 0 Å². The minimum atomic E-state index is -0.845. The summed E-state index contributed by atoms with van der Waals surface area (Å²) in [6.45, 7) is 3.33. The van der Waals surface area contributed by atoms with E-state index < -0.39 is 5.60 Å². The molecule has 0 bridgehead atoms. The monoisotopic (exact) mass is 168 g/mol. The number of benzene rings is 1. The van der Waals surface area contributed by atoms with Crippen LogP contribution in [0.15, 0.2) is 24.3 Å². The molecule has 0 unspecified atom stereocenters. The molecule has 0 heterocycles. The highest BCUT2D eigenvalue weighted by atomic mass is 19.1. The van der Waals surface area contributed by atoms with Crippen LogP contribution in [0.3, 0.4) is 0 Å². The largest absolute Gasteiger partial charge is 0.390 e. The molecule has 0 aliphatic rings. The molecule has 12 heavy (non-hydrogen) atoms. The molecule has 0 radical (unpaired) electrons. The van der Waals surface area contributed by atoms with Crippen molar-refractivity contribution in [3.05, 3.63) is 35.6 Å². The third-order valence-electron chi connectivity index (χ3n) is 1.58. The Labute approximate surface area is 71.9 Å². The quantitative estimate of drug-likeness (QED) is 0.717. The van der Waals surface area contributed by atoms with E-state index in [9.17, 15) is 9.50 Å².